The molecule has 5 nitrogen and oxygen atoms in total. The number of carbonyl (C=O) groups is 2. The first-order chi connectivity index (χ1) is 11.5. The lowest BCUT2D eigenvalue weighted by Gasteiger charge is -2.38. The summed E-state index contributed by atoms with van der Waals surface area (Å²) in [6.45, 7) is 5.49. The van der Waals surface area contributed by atoms with Gasteiger partial charge < -0.3 is 16.0 Å². The Labute approximate surface area is 148 Å². The molecule has 132 valence electrons. The topological polar surface area (TPSA) is 75.4 Å². The number of carbonyl (C=O) groups excluding carboxylic acids is 2. The third kappa shape index (κ3) is 5.53. The van der Waals surface area contributed by atoms with E-state index in [1.165, 1.54) is 11.8 Å². The van der Waals surface area contributed by atoms with Crippen molar-refractivity contribution in [2.75, 3.05) is 29.9 Å². The summed E-state index contributed by atoms with van der Waals surface area (Å²) < 4.78 is 0. The summed E-state index contributed by atoms with van der Waals surface area (Å²) in [5.74, 6) is 1.23. The van der Waals surface area contributed by atoms with Crippen molar-refractivity contribution in [3.05, 3.63) is 29.8 Å². The van der Waals surface area contributed by atoms with Gasteiger partial charge in [-0.1, -0.05) is 24.6 Å². The summed E-state index contributed by atoms with van der Waals surface area (Å²) in [5.41, 5.74) is 7.74. The van der Waals surface area contributed by atoms with E-state index in [9.17, 15) is 9.59 Å². The van der Waals surface area contributed by atoms with Crippen LogP contribution in [0.4, 0.5) is 5.69 Å². The highest BCUT2D eigenvalue weighted by atomic mass is 32.2. The molecule has 0 radical (unpaired) electrons. The third-order valence-corrected chi connectivity index (χ3v) is 5.28. The lowest BCUT2D eigenvalue weighted by Crippen LogP contribution is -2.50. The van der Waals surface area contributed by atoms with Gasteiger partial charge in [-0.2, -0.15) is 0 Å². The van der Waals surface area contributed by atoms with Crippen LogP contribution in [0, 0.1) is 12.8 Å². The smallest absolute Gasteiger partial charge is 0.234 e. The van der Waals surface area contributed by atoms with Crippen LogP contribution < -0.4 is 11.1 Å². The summed E-state index contributed by atoms with van der Waals surface area (Å²) >= 11 is 1.35. The molecule has 0 bridgehead atoms. The minimum absolute atomic E-state index is 0.0840. The Morgan fingerprint density at radius 3 is 2.67 bits per heavy atom. The van der Waals surface area contributed by atoms with Crippen LogP contribution in [0.3, 0.4) is 0 Å². The number of aryl methyl sites for hydroxylation is 1. The molecule has 1 aromatic rings. The van der Waals surface area contributed by atoms with Crippen LogP contribution in [0.5, 0.6) is 0 Å². The molecule has 0 spiro atoms. The van der Waals surface area contributed by atoms with Crippen LogP contribution in [-0.2, 0) is 9.59 Å². The molecular weight excluding hydrogens is 322 g/mol. The summed E-state index contributed by atoms with van der Waals surface area (Å²) in [6.07, 6.45) is 2.00. The van der Waals surface area contributed by atoms with Crippen molar-refractivity contribution >= 4 is 29.3 Å². The van der Waals surface area contributed by atoms with Crippen molar-refractivity contribution in [2.24, 2.45) is 11.7 Å². The third-order valence-electron chi connectivity index (χ3n) is 4.36. The Morgan fingerprint density at radius 2 is 2.00 bits per heavy atom. The highest BCUT2D eigenvalue weighted by Crippen LogP contribution is 2.22. The second kappa shape index (κ2) is 9.08. The first-order valence-corrected chi connectivity index (χ1v) is 9.59. The number of piperidine rings is 1. The molecule has 2 rings (SSSR count). The highest BCUT2D eigenvalue weighted by molar-refractivity contribution is 8.00. The maximum atomic E-state index is 12.4. The zero-order valence-corrected chi connectivity index (χ0v) is 15.3. The van der Waals surface area contributed by atoms with Gasteiger partial charge in [0.25, 0.3) is 0 Å². The normalized spacial score (nSPS) is 20.7. The van der Waals surface area contributed by atoms with Crippen molar-refractivity contribution in [3.63, 3.8) is 0 Å². The first kappa shape index (κ1) is 18.8. The monoisotopic (exact) mass is 349 g/mol. The second-order valence-corrected chi connectivity index (χ2v) is 7.50. The van der Waals surface area contributed by atoms with Gasteiger partial charge in [0.1, 0.15) is 0 Å². The Balaban J connectivity index is 1.73. The molecule has 1 aromatic carbocycles. The maximum absolute atomic E-state index is 12.4. The lowest BCUT2D eigenvalue weighted by molar-refractivity contribution is -0.132. The number of amides is 2. The summed E-state index contributed by atoms with van der Waals surface area (Å²) in [5, 5.41) is 2.84. The molecule has 1 aliphatic rings. The molecule has 1 saturated heterocycles. The number of nitrogens with zero attached hydrogens (tertiary/aromatic N) is 1. The van der Waals surface area contributed by atoms with Gasteiger partial charge >= 0.3 is 0 Å². The van der Waals surface area contributed by atoms with Gasteiger partial charge in [-0.15, -0.1) is 11.8 Å². The fourth-order valence-electron chi connectivity index (χ4n) is 2.95. The largest absolute Gasteiger partial charge is 0.338 e. The van der Waals surface area contributed by atoms with Gasteiger partial charge in [0, 0.05) is 24.8 Å². The van der Waals surface area contributed by atoms with E-state index in [4.69, 9.17) is 5.73 Å². The predicted molar refractivity (Wildman–Crippen MR) is 100 cm³/mol. The van der Waals surface area contributed by atoms with Crippen LogP contribution >= 0.6 is 11.8 Å². The average molecular weight is 350 g/mol. The predicted octanol–water partition coefficient (Wildman–Crippen LogP) is 2.25. The summed E-state index contributed by atoms with van der Waals surface area (Å²) in [7, 11) is 0. The van der Waals surface area contributed by atoms with E-state index in [0.717, 1.165) is 30.6 Å². The number of nitrogens with one attached hydrogen (secondary N) is 1. The fourth-order valence-corrected chi connectivity index (χ4v) is 3.65. The summed E-state index contributed by atoms with van der Waals surface area (Å²) in [4.78, 5) is 26.2. The first-order valence-electron chi connectivity index (χ1n) is 8.43. The van der Waals surface area contributed by atoms with E-state index in [0.29, 0.717) is 18.2 Å². The number of nitrogens with two attached hydrogens (primary N) is 1. The Bertz CT molecular complexity index is 562. The van der Waals surface area contributed by atoms with Gasteiger partial charge in [0.2, 0.25) is 11.8 Å². The number of hydrogen-bond acceptors (Lipinski definition) is 4. The maximum Gasteiger partial charge on any atom is 0.234 e. The minimum atomic E-state index is -0.0840. The summed E-state index contributed by atoms with van der Waals surface area (Å²) in [6, 6.07) is 7.81. The van der Waals surface area contributed by atoms with Gasteiger partial charge in [-0.3, -0.25) is 9.59 Å². The van der Waals surface area contributed by atoms with Gasteiger partial charge in [0.05, 0.1) is 11.5 Å². The lowest BCUT2D eigenvalue weighted by atomic mass is 9.92. The second-order valence-electron chi connectivity index (χ2n) is 6.51. The molecule has 24 heavy (non-hydrogen) atoms. The van der Waals surface area contributed by atoms with E-state index in [-0.39, 0.29) is 23.6 Å². The molecule has 1 fully saturated rings. The molecule has 1 aliphatic heterocycles. The average Bonchev–Trinajstić information content (AvgIpc) is 2.56. The number of anilines is 1. The van der Waals surface area contributed by atoms with Crippen molar-refractivity contribution in [1.29, 1.82) is 0 Å². The molecule has 2 atom stereocenters. The zero-order valence-electron chi connectivity index (χ0n) is 14.5. The minimum Gasteiger partial charge on any atom is -0.338 e. The SMILES string of the molecule is Cc1ccc(NC(=O)CSCC(=O)N2CCC(C)CC2CN)cc1. The van der Waals surface area contributed by atoms with Crippen LogP contribution in [-0.4, -0.2) is 47.4 Å². The van der Waals surface area contributed by atoms with Gasteiger partial charge in [-0.25, -0.2) is 0 Å². The highest BCUT2D eigenvalue weighted by Gasteiger charge is 2.28. The van der Waals surface area contributed by atoms with E-state index in [2.05, 4.69) is 12.2 Å². The Kier molecular flexibility index (Phi) is 7.12. The van der Waals surface area contributed by atoms with Crippen molar-refractivity contribution in [1.82, 2.24) is 4.90 Å². The van der Waals surface area contributed by atoms with Crippen molar-refractivity contribution in [2.45, 2.75) is 32.7 Å². The van der Waals surface area contributed by atoms with Crippen molar-refractivity contribution in [3.8, 4) is 0 Å². The number of hydrogen-bond donors (Lipinski definition) is 2. The Morgan fingerprint density at radius 1 is 1.29 bits per heavy atom. The van der Waals surface area contributed by atoms with Crippen LogP contribution in [0.1, 0.15) is 25.3 Å². The number of benzene rings is 1. The molecule has 0 aliphatic carbocycles. The number of rotatable bonds is 6. The van der Waals surface area contributed by atoms with Gasteiger partial charge in [0.15, 0.2) is 0 Å². The molecule has 0 aromatic heterocycles. The molecule has 0 saturated carbocycles. The van der Waals surface area contributed by atoms with Crippen LogP contribution in [0.2, 0.25) is 0 Å². The molecule has 2 amide bonds. The molecule has 2 unspecified atom stereocenters. The van der Waals surface area contributed by atoms with Crippen molar-refractivity contribution < 1.29 is 9.59 Å². The van der Waals surface area contributed by atoms with Gasteiger partial charge in [-0.05, 0) is 37.8 Å². The van der Waals surface area contributed by atoms with E-state index >= 15 is 0 Å². The molecule has 3 N–H and O–H groups in total. The van der Waals surface area contributed by atoms with Crippen LogP contribution in [0.25, 0.3) is 0 Å². The number of likely N-dealkylation sites (tertiary alicyclic amines) is 1. The molecule has 6 heteroatoms. The fraction of sp³-hybridized carbons (Fsp3) is 0.556. The van der Waals surface area contributed by atoms with Crippen LogP contribution in [0.15, 0.2) is 24.3 Å². The zero-order chi connectivity index (χ0) is 17.5. The van der Waals surface area contributed by atoms with E-state index in [1.807, 2.05) is 36.1 Å². The molecular formula is C18H27N3O2S. The molecule has 1 heterocycles. The quantitative estimate of drug-likeness (QED) is 0.826. The van der Waals surface area contributed by atoms with E-state index in [1.54, 1.807) is 0 Å². The Hall–Kier alpha value is -1.53. The number of thioether (sulfide) groups is 1. The standard InChI is InChI=1S/C18H27N3O2S/c1-13-3-5-15(6-4-13)20-17(22)11-24-12-18(23)21-8-7-14(2)9-16(21)10-19/h3-6,14,16H,7-12,19H2,1-2H3,(H,20,22). The van der Waals surface area contributed by atoms with E-state index < -0.39 is 0 Å².